The number of carbonyl (C=O) groups excluding carboxylic acids is 1. The van der Waals surface area contributed by atoms with Crippen LogP contribution < -0.4 is 0 Å². The standard InChI is InChI=1S/C18H15ClN2O2S/c1-24-17-15(9-20)14(8-16(21-17)12-4-5-12)18(22)23-10-11-2-6-13(19)7-3-11/h2-3,6-8,12H,4-5,10H2,1H3. The van der Waals surface area contributed by atoms with Gasteiger partial charge in [-0.3, -0.25) is 0 Å². The van der Waals surface area contributed by atoms with Crippen LogP contribution in [0.15, 0.2) is 35.4 Å². The number of carbonyl (C=O) groups is 1. The molecule has 0 N–H and O–H groups in total. The van der Waals surface area contributed by atoms with Crippen molar-refractivity contribution in [3.8, 4) is 6.07 Å². The molecule has 1 aromatic heterocycles. The summed E-state index contributed by atoms with van der Waals surface area (Å²) in [6.45, 7) is 0.135. The minimum atomic E-state index is -0.499. The van der Waals surface area contributed by atoms with Gasteiger partial charge in [0.15, 0.2) is 0 Å². The van der Waals surface area contributed by atoms with Gasteiger partial charge >= 0.3 is 5.97 Å². The Morgan fingerprint density at radius 2 is 2.12 bits per heavy atom. The first kappa shape index (κ1) is 16.8. The summed E-state index contributed by atoms with van der Waals surface area (Å²) >= 11 is 7.21. The first-order chi connectivity index (χ1) is 11.6. The molecule has 4 nitrogen and oxygen atoms in total. The van der Waals surface area contributed by atoms with Gasteiger partial charge in [0.25, 0.3) is 0 Å². The minimum absolute atomic E-state index is 0.135. The lowest BCUT2D eigenvalue weighted by Crippen LogP contribution is -2.10. The Labute approximate surface area is 149 Å². The predicted octanol–water partition coefficient (Wildman–Crippen LogP) is 4.56. The first-order valence-electron chi connectivity index (χ1n) is 7.53. The fraction of sp³-hybridized carbons (Fsp3) is 0.278. The van der Waals surface area contributed by atoms with Crippen molar-refractivity contribution in [3.63, 3.8) is 0 Å². The van der Waals surface area contributed by atoms with E-state index in [2.05, 4.69) is 11.1 Å². The molecular weight excluding hydrogens is 344 g/mol. The van der Waals surface area contributed by atoms with Crippen molar-refractivity contribution in [2.24, 2.45) is 0 Å². The Hall–Kier alpha value is -2.03. The Balaban J connectivity index is 1.83. The Kier molecular flexibility index (Phi) is 5.08. The van der Waals surface area contributed by atoms with Gasteiger partial charge in [0.05, 0.1) is 11.1 Å². The van der Waals surface area contributed by atoms with Crippen LogP contribution in [0, 0.1) is 11.3 Å². The Morgan fingerprint density at radius 3 is 2.71 bits per heavy atom. The van der Waals surface area contributed by atoms with Crippen LogP contribution in [0.5, 0.6) is 0 Å². The molecule has 0 saturated heterocycles. The van der Waals surface area contributed by atoms with E-state index in [-0.39, 0.29) is 12.2 Å². The fourth-order valence-electron chi connectivity index (χ4n) is 2.35. The van der Waals surface area contributed by atoms with Crippen molar-refractivity contribution in [1.29, 1.82) is 5.26 Å². The molecule has 24 heavy (non-hydrogen) atoms. The van der Waals surface area contributed by atoms with Crippen molar-refractivity contribution in [2.45, 2.75) is 30.4 Å². The zero-order chi connectivity index (χ0) is 17.1. The third-order valence-corrected chi connectivity index (χ3v) is 4.74. The highest BCUT2D eigenvalue weighted by Gasteiger charge is 2.28. The maximum absolute atomic E-state index is 12.5. The number of benzene rings is 1. The molecule has 0 unspecified atom stereocenters. The molecule has 1 saturated carbocycles. The highest BCUT2D eigenvalue weighted by molar-refractivity contribution is 7.98. The molecule has 1 aliphatic rings. The van der Waals surface area contributed by atoms with Gasteiger partial charge in [-0.15, -0.1) is 11.8 Å². The lowest BCUT2D eigenvalue weighted by Gasteiger charge is -2.10. The van der Waals surface area contributed by atoms with Gasteiger partial charge < -0.3 is 4.74 Å². The number of rotatable bonds is 5. The van der Waals surface area contributed by atoms with E-state index in [0.29, 0.717) is 21.5 Å². The maximum Gasteiger partial charge on any atom is 0.339 e. The molecule has 3 rings (SSSR count). The van der Waals surface area contributed by atoms with E-state index in [1.54, 1.807) is 30.3 Å². The summed E-state index contributed by atoms with van der Waals surface area (Å²) in [6, 6.07) is 10.9. The summed E-state index contributed by atoms with van der Waals surface area (Å²) in [5.74, 6) is -0.104. The molecule has 0 amide bonds. The zero-order valence-corrected chi connectivity index (χ0v) is 14.7. The summed E-state index contributed by atoms with van der Waals surface area (Å²) in [6.07, 6.45) is 4.00. The van der Waals surface area contributed by atoms with Crippen molar-refractivity contribution in [2.75, 3.05) is 6.26 Å². The molecule has 1 aliphatic carbocycles. The number of ether oxygens (including phenoxy) is 1. The van der Waals surface area contributed by atoms with Gasteiger partial charge in [-0.2, -0.15) is 5.26 Å². The SMILES string of the molecule is CSc1nc(C2CC2)cc(C(=O)OCc2ccc(Cl)cc2)c1C#N. The van der Waals surface area contributed by atoms with Crippen molar-refractivity contribution >= 4 is 29.3 Å². The molecule has 0 spiro atoms. The van der Waals surface area contributed by atoms with Crippen LogP contribution in [0.25, 0.3) is 0 Å². The second-order valence-electron chi connectivity index (χ2n) is 5.57. The topological polar surface area (TPSA) is 63.0 Å². The zero-order valence-electron chi connectivity index (χ0n) is 13.1. The summed E-state index contributed by atoms with van der Waals surface area (Å²) < 4.78 is 5.38. The summed E-state index contributed by atoms with van der Waals surface area (Å²) in [5, 5.41) is 10.6. The van der Waals surface area contributed by atoms with Crippen LogP contribution in [0.1, 0.15) is 45.9 Å². The largest absolute Gasteiger partial charge is 0.457 e. The monoisotopic (exact) mass is 358 g/mol. The smallest absolute Gasteiger partial charge is 0.339 e. The number of hydrogen-bond donors (Lipinski definition) is 0. The molecule has 0 radical (unpaired) electrons. The number of aromatic nitrogens is 1. The van der Waals surface area contributed by atoms with Crippen molar-refractivity contribution in [1.82, 2.24) is 4.98 Å². The van der Waals surface area contributed by atoms with Crippen LogP contribution in [-0.4, -0.2) is 17.2 Å². The average molecular weight is 359 g/mol. The average Bonchev–Trinajstić information content (AvgIpc) is 3.44. The summed E-state index contributed by atoms with van der Waals surface area (Å²) in [5.41, 5.74) is 2.30. The third kappa shape index (κ3) is 3.72. The van der Waals surface area contributed by atoms with Gasteiger partial charge in [-0.25, -0.2) is 9.78 Å². The molecule has 0 atom stereocenters. The van der Waals surface area contributed by atoms with Crippen LogP contribution in [-0.2, 0) is 11.3 Å². The number of hydrogen-bond acceptors (Lipinski definition) is 5. The van der Waals surface area contributed by atoms with Gasteiger partial charge in [0.2, 0.25) is 0 Å². The van der Waals surface area contributed by atoms with E-state index < -0.39 is 5.97 Å². The number of nitriles is 1. The van der Waals surface area contributed by atoms with E-state index in [4.69, 9.17) is 16.3 Å². The van der Waals surface area contributed by atoms with E-state index in [0.717, 1.165) is 24.1 Å². The summed E-state index contributed by atoms with van der Waals surface area (Å²) in [7, 11) is 0. The molecule has 0 bridgehead atoms. The Morgan fingerprint density at radius 1 is 1.42 bits per heavy atom. The third-order valence-electron chi connectivity index (χ3n) is 3.81. The number of pyridine rings is 1. The second kappa shape index (κ2) is 7.25. The quantitative estimate of drug-likeness (QED) is 0.579. The Bertz CT molecular complexity index is 811. The van der Waals surface area contributed by atoms with Gasteiger partial charge in [0.1, 0.15) is 17.7 Å². The molecule has 6 heteroatoms. The molecule has 122 valence electrons. The fourth-order valence-corrected chi connectivity index (χ4v) is 3.04. The number of thioether (sulfide) groups is 1. The minimum Gasteiger partial charge on any atom is -0.457 e. The lowest BCUT2D eigenvalue weighted by molar-refractivity contribution is 0.0471. The van der Waals surface area contributed by atoms with E-state index in [9.17, 15) is 10.1 Å². The second-order valence-corrected chi connectivity index (χ2v) is 6.80. The van der Waals surface area contributed by atoms with Gasteiger partial charge in [-0.1, -0.05) is 23.7 Å². The highest BCUT2D eigenvalue weighted by atomic mass is 35.5. The maximum atomic E-state index is 12.5. The van der Waals surface area contributed by atoms with E-state index in [1.807, 2.05) is 6.26 Å². The molecule has 0 aliphatic heterocycles. The predicted molar refractivity (Wildman–Crippen MR) is 93.3 cm³/mol. The van der Waals surface area contributed by atoms with Gasteiger partial charge in [-0.05, 0) is 42.9 Å². The summed E-state index contributed by atoms with van der Waals surface area (Å²) in [4.78, 5) is 17.0. The normalized spacial score (nSPS) is 13.4. The molecule has 1 fully saturated rings. The van der Waals surface area contributed by atoms with Crippen LogP contribution >= 0.6 is 23.4 Å². The van der Waals surface area contributed by atoms with Crippen molar-refractivity contribution < 1.29 is 9.53 Å². The molecule has 1 heterocycles. The van der Waals surface area contributed by atoms with E-state index >= 15 is 0 Å². The highest BCUT2D eigenvalue weighted by Crippen LogP contribution is 2.40. The van der Waals surface area contributed by atoms with Crippen LogP contribution in [0.4, 0.5) is 0 Å². The molecular formula is C18H15ClN2O2S. The van der Waals surface area contributed by atoms with Crippen LogP contribution in [0.3, 0.4) is 0 Å². The number of esters is 1. The number of halogens is 1. The first-order valence-corrected chi connectivity index (χ1v) is 9.13. The van der Waals surface area contributed by atoms with Crippen LogP contribution in [0.2, 0.25) is 5.02 Å². The lowest BCUT2D eigenvalue weighted by atomic mass is 10.1. The molecule has 1 aromatic carbocycles. The van der Waals surface area contributed by atoms with Crippen molar-refractivity contribution in [3.05, 3.63) is 57.7 Å². The van der Waals surface area contributed by atoms with Gasteiger partial charge in [0, 0.05) is 16.6 Å². The van der Waals surface area contributed by atoms with E-state index in [1.165, 1.54) is 11.8 Å². The number of nitrogens with zero attached hydrogens (tertiary/aromatic N) is 2. The molecule has 2 aromatic rings.